The highest BCUT2D eigenvalue weighted by atomic mass is 16.2. The fourth-order valence-electron chi connectivity index (χ4n) is 1.48. The second-order valence-electron chi connectivity index (χ2n) is 4.36. The Hall–Kier alpha value is -1.84. The van der Waals surface area contributed by atoms with Gasteiger partial charge in [-0.15, -0.1) is 0 Å². The van der Waals surface area contributed by atoms with Crippen LogP contribution in [0.1, 0.15) is 24.5 Å². The molecule has 1 aromatic rings. The number of carbonyl (C=O) groups excluding carboxylic acids is 2. The quantitative estimate of drug-likeness (QED) is 0.833. The van der Waals surface area contributed by atoms with E-state index in [1.54, 1.807) is 6.92 Å². The van der Waals surface area contributed by atoms with Gasteiger partial charge in [-0.05, 0) is 37.1 Å². The summed E-state index contributed by atoms with van der Waals surface area (Å²) in [5.74, 6) is -1.06. The van der Waals surface area contributed by atoms with Crippen molar-refractivity contribution in [2.75, 3.05) is 5.32 Å². The van der Waals surface area contributed by atoms with Gasteiger partial charge in [0.2, 0.25) is 11.8 Å². The molecule has 1 unspecified atom stereocenters. The lowest BCUT2D eigenvalue weighted by atomic mass is 10.1. The van der Waals surface area contributed by atoms with Crippen LogP contribution in [0.15, 0.2) is 18.2 Å². The van der Waals surface area contributed by atoms with E-state index in [0.29, 0.717) is 0 Å². The zero-order valence-corrected chi connectivity index (χ0v) is 10.4. The van der Waals surface area contributed by atoms with Gasteiger partial charge in [0.05, 0.1) is 0 Å². The first-order chi connectivity index (χ1) is 7.90. The SMILES string of the molecule is Cc1ccc(NC(=O)C(C)CC(N)=O)cc1C. The third-order valence-electron chi connectivity index (χ3n) is 2.73. The van der Waals surface area contributed by atoms with Crippen molar-refractivity contribution >= 4 is 17.5 Å². The molecule has 3 N–H and O–H groups in total. The van der Waals surface area contributed by atoms with Gasteiger partial charge in [0.15, 0.2) is 0 Å². The van der Waals surface area contributed by atoms with Gasteiger partial charge in [0.25, 0.3) is 0 Å². The lowest BCUT2D eigenvalue weighted by Crippen LogP contribution is -2.25. The Kier molecular flexibility index (Phi) is 4.26. The molecule has 0 saturated carbocycles. The first kappa shape index (κ1) is 13.2. The minimum Gasteiger partial charge on any atom is -0.370 e. The Labute approximate surface area is 101 Å². The van der Waals surface area contributed by atoms with Gasteiger partial charge in [-0.1, -0.05) is 13.0 Å². The van der Waals surface area contributed by atoms with Crippen molar-refractivity contribution in [1.29, 1.82) is 0 Å². The van der Waals surface area contributed by atoms with Crippen LogP contribution in [0.25, 0.3) is 0 Å². The number of benzene rings is 1. The molecule has 0 heterocycles. The second kappa shape index (κ2) is 5.48. The molecule has 0 aliphatic heterocycles. The van der Waals surface area contributed by atoms with Crippen molar-refractivity contribution in [3.63, 3.8) is 0 Å². The first-order valence-electron chi connectivity index (χ1n) is 5.56. The summed E-state index contributed by atoms with van der Waals surface area (Å²) >= 11 is 0. The maximum Gasteiger partial charge on any atom is 0.227 e. The van der Waals surface area contributed by atoms with Gasteiger partial charge in [-0.25, -0.2) is 0 Å². The van der Waals surface area contributed by atoms with Gasteiger partial charge in [-0.3, -0.25) is 9.59 Å². The van der Waals surface area contributed by atoms with E-state index in [9.17, 15) is 9.59 Å². The lowest BCUT2D eigenvalue weighted by Gasteiger charge is -2.11. The van der Waals surface area contributed by atoms with E-state index in [-0.39, 0.29) is 12.3 Å². The van der Waals surface area contributed by atoms with Gasteiger partial charge >= 0.3 is 0 Å². The average molecular weight is 234 g/mol. The number of rotatable bonds is 4. The van der Waals surface area contributed by atoms with Gasteiger partial charge < -0.3 is 11.1 Å². The van der Waals surface area contributed by atoms with Crippen LogP contribution in [0.5, 0.6) is 0 Å². The monoisotopic (exact) mass is 234 g/mol. The van der Waals surface area contributed by atoms with Crippen molar-refractivity contribution in [3.8, 4) is 0 Å². The summed E-state index contributed by atoms with van der Waals surface area (Å²) in [6.45, 7) is 5.68. The van der Waals surface area contributed by atoms with E-state index < -0.39 is 11.8 Å². The van der Waals surface area contributed by atoms with Crippen LogP contribution >= 0.6 is 0 Å². The fourth-order valence-corrected chi connectivity index (χ4v) is 1.48. The number of nitrogens with two attached hydrogens (primary N) is 1. The molecule has 0 spiro atoms. The number of hydrogen-bond donors (Lipinski definition) is 2. The Morgan fingerprint density at radius 3 is 2.47 bits per heavy atom. The van der Waals surface area contributed by atoms with Crippen LogP contribution < -0.4 is 11.1 Å². The van der Waals surface area contributed by atoms with Crippen molar-refractivity contribution < 1.29 is 9.59 Å². The Morgan fingerprint density at radius 1 is 1.29 bits per heavy atom. The maximum atomic E-state index is 11.7. The van der Waals surface area contributed by atoms with Gasteiger partial charge in [-0.2, -0.15) is 0 Å². The van der Waals surface area contributed by atoms with Crippen LogP contribution in [-0.4, -0.2) is 11.8 Å². The molecule has 92 valence electrons. The highest BCUT2D eigenvalue weighted by Crippen LogP contribution is 2.15. The minimum absolute atomic E-state index is 0.0661. The summed E-state index contributed by atoms with van der Waals surface area (Å²) in [6, 6.07) is 5.70. The average Bonchev–Trinajstić information content (AvgIpc) is 2.22. The van der Waals surface area contributed by atoms with E-state index >= 15 is 0 Å². The maximum absolute atomic E-state index is 11.7. The third-order valence-corrected chi connectivity index (χ3v) is 2.73. The van der Waals surface area contributed by atoms with Crippen molar-refractivity contribution in [2.24, 2.45) is 11.7 Å². The molecule has 4 heteroatoms. The number of anilines is 1. The molecule has 1 aromatic carbocycles. The standard InChI is InChI=1S/C13H18N2O2/c1-8-4-5-11(6-9(8)2)15-13(17)10(3)7-12(14)16/h4-6,10H,7H2,1-3H3,(H2,14,16)(H,15,17). The molecule has 0 saturated heterocycles. The first-order valence-corrected chi connectivity index (χ1v) is 5.56. The minimum atomic E-state index is -0.465. The summed E-state index contributed by atoms with van der Waals surface area (Å²) in [6.07, 6.45) is 0.0661. The normalized spacial score (nSPS) is 11.9. The molecule has 17 heavy (non-hydrogen) atoms. The second-order valence-corrected chi connectivity index (χ2v) is 4.36. The topological polar surface area (TPSA) is 72.2 Å². The van der Waals surface area contributed by atoms with E-state index in [1.165, 1.54) is 5.56 Å². The predicted octanol–water partition coefficient (Wildman–Crippen LogP) is 1.75. The van der Waals surface area contributed by atoms with Crippen LogP contribution in [0.2, 0.25) is 0 Å². The highest BCUT2D eigenvalue weighted by molar-refractivity contribution is 5.94. The van der Waals surface area contributed by atoms with E-state index in [1.807, 2.05) is 32.0 Å². The third kappa shape index (κ3) is 3.90. The highest BCUT2D eigenvalue weighted by Gasteiger charge is 2.15. The summed E-state index contributed by atoms with van der Waals surface area (Å²) in [4.78, 5) is 22.4. The summed E-state index contributed by atoms with van der Waals surface area (Å²) in [7, 11) is 0. The zero-order valence-electron chi connectivity index (χ0n) is 10.4. The molecule has 1 atom stereocenters. The molecule has 0 bridgehead atoms. The van der Waals surface area contributed by atoms with E-state index in [2.05, 4.69) is 5.32 Å². The number of amides is 2. The van der Waals surface area contributed by atoms with Crippen molar-refractivity contribution in [1.82, 2.24) is 0 Å². The van der Waals surface area contributed by atoms with Gasteiger partial charge in [0, 0.05) is 18.0 Å². The summed E-state index contributed by atoms with van der Waals surface area (Å²) in [5, 5.41) is 2.77. The van der Waals surface area contributed by atoms with Crippen LogP contribution in [-0.2, 0) is 9.59 Å². The number of primary amides is 1. The van der Waals surface area contributed by atoms with Crippen molar-refractivity contribution in [3.05, 3.63) is 29.3 Å². The molecular weight excluding hydrogens is 216 g/mol. The van der Waals surface area contributed by atoms with Crippen molar-refractivity contribution in [2.45, 2.75) is 27.2 Å². The molecule has 0 aliphatic carbocycles. The Morgan fingerprint density at radius 2 is 1.94 bits per heavy atom. The molecule has 0 aliphatic rings. The molecule has 2 amide bonds. The zero-order chi connectivity index (χ0) is 13.0. The number of carbonyl (C=O) groups is 2. The molecule has 1 rings (SSSR count). The van der Waals surface area contributed by atoms with Crippen LogP contribution in [0.3, 0.4) is 0 Å². The van der Waals surface area contributed by atoms with E-state index in [0.717, 1.165) is 11.3 Å². The Bertz CT molecular complexity index is 441. The molecule has 4 nitrogen and oxygen atoms in total. The summed E-state index contributed by atoms with van der Waals surface area (Å²) in [5.41, 5.74) is 8.08. The number of nitrogens with one attached hydrogen (secondary N) is 1. The number of hydrogen-bond acceptors (Lipinski definition) is 2. The van der Waals surface area contributed by atoms with Crippen LogP contribution in [0, 0.1) is 19.8 Å². The molecule has 0 aromatic heterocycles. The predicted molar refractivity (Wildman–Crippen MR) is 67.5 cm³/mol. The lowest BCUT2D eigenvalue weighted by molar-refractivity contribution is -0.125. The van der Waals surface area contributed by atoms with Crippen LogP contribution in [0.4, 0.5) is 5.69 Å². The Balaban J connectivity index is 2.67. The molecular formula is C13H18N2O2. The smallest absolute Gasteiger partial charge is 0.227 e. The van der Waals surface area contributed by atoms with Gasteiger partial charge in [0.1, 0.15) is 0 Å². The van der Waals surface area contributed by atoms with E-state index in [4.69, 9.17) is 5.73 Å². The molecule has 0 fully saturated rings. The summed E-state index contributed by atoms with van der Waals surface area (Å²) < 4.78 is 0. The number of aryl methyl sites for hydroxylation is 2. The largest absolute Gasteiger partial charge is 0.370 e. The fraction of sp³-hybridized carbons (Fsp3) is 0.385. The molecule has 0 radical (unpaired) electrons.